The van der Waals surface area contributed by atoms with E-state index in [0.29, 0.717) is 10.5 Å². The molecule has 0 N–H and O–H groups in total. The second kappa shape index (κ2) is 3.59. The number of benzene rings is 1. The fraction of sp³-hybridized carbons (Fsp3) is 0.125. The number of fused-ring (bicyclic) bond motifs is 1. The second-order valence-electron chi connectivity index (χ2n) is 2.92. The summed E-state index contributed by atoms with van der Waals surface area (Å²) in [5.74, 6) is 0. The van der Waals surface area contributed by atoms with Crippen molar-refractivity contribution in [2.75, 3.05) is 0 Å². The molecule has 0 bridgehead atoms. The van der Waals surface area contributed by atoms with E-state index in [1.807, 2.05) is 0 Å². The number of hydrogen-bond acceptors (Lipinski definition) is 4. The van der Waals surface area contributed by atoms with Gasteiger partial charge in [-0.15, -0.1) is 11.3 Å². The molecule has 2 rings (SSSR count). The summed E-state index contributed by atoms with van der Waals surface area (Å²) < 4.78 is 23.3. The Morgan fingerprint density at radius 3 is 2.67 bits per heavy atom. The van der Waals surface area contributed by atoms with Crippen LogP contribution in [0.3, 0.4) is 0 Å². The van der Waals surface area contributed by atoms with E-state index in [2.05, 4.69) is 4.98 Å². The average molecular weight is 282 g/mol. The van der Waals surface area contributed by atoms with Gasteiger partial charge in [-0.3, -0.25) is 0 Å². The van der Waals surface area contributed by atoms with E-state index in [1.54, 1.807) is 13.0 Å². The molecule has 0 radical (unpaired) electrons. The first-order valence-electron chi connectivity index (χ1n) is 3.89. The van der Waals surface area contributed by atoms with E-state index in [0.717, 1.165) is 9.71 Å². The molecule has 15 heavy (non-hydrogen) atoms. The third kappa shape index (κ3) is 2.10. The molecule has 1 aromatic carbocycles. The van der Waals surface area contributed by atoms with E-state index in [1.165, 1.54) is 17.4 Å². The SMILES string of the molecule is Cc1nc2c(S(=O)(=O)Cl)cc(Cl)cc2s1. The van der Waals surface area contributed by atoms with E-state index >= 15 is 0 Å². The van der Waals surface area contributed by atoms with Crippen molar-refractivity contribution < 1.29 is 8.42 Å². The minimum Gasteiger partial charge on any atom is -0.240 e. The Morgan fingerprint density at radius 1 is 1.40 bits per heavy atom. The lowest BCUT2D eigenvalue weighted by atomic mass is 10.3. The van der Waals surface area contributed by atoms with Crippen LogP contribution in [0.25, 0.3) is 10.2 Å². The van der Waals surface area contributed by atoms with Crippen molar-refractivity contribution in [2.24, 2.45) is 0 Å². The van der Waals surface area contributed by atoms with Gasteiger partial charge in [-0.2, -0.15) is 0 Å². The zero-order valence-electron chi connectivity index (χ0n) is 7.49. The standard InChI is InChI=1S/C8H5Cl2NO2S2/c1-4-11-8-6(14-4)2-5(9)3-7(8)15(10,12)13/h2-3H,1H3. The lowest BCUT2D eigenvalue weighted by Gasteiger charge is -1.98. The molecular weight excluding hydrogens is 277 g/mol. The first kappa shape index (κ1) is 11.1. The van der Waals surface area contributed by atoms with Crippen molar-refractivity contribution in [3.63, 3.8) is 0 Å². The molecule has 0 aliphatic carbocycles. The quantitative estimate of drug-likeness (QED) is 0.755. The molecule has 0 saturated heterocycles. The maximum absolute atomic E-state index is 11.3. The number of hydrogen-bond donors (Lipinski definition) is 0. The summed E-state index contributed by atoms with van der Waals surface area (Å²) in [6.45, 7) is 1.79. The van der Waals surface area contributed by atoms with Gasteiger partial charge < -0.3 is 0 Å². The van der Waals surface area contributed by atoms with Crippen LogP contribution in [0.4, 0.5) is 0 Å². The number of nitrogens with zero attached hydrogens (tertiary/aromatic N) is 1. The number of rotatable bonds is 1. The van der Waals surface area contributed by atoms with E-state index in [9.17, 15) is 8.42 Å². The van der Waals surface area contributed by atoms with Gasteiger partial charge in [-0.1, -0.05) is 11.6 Å². The summed E-state index contributed by atoms with van der Waals surface area (Å²) in [5.41, 5.74) is 0.386. The Kier molecular flexibility index (Phi) is 2.66. The lowest BCUT2D eigenvalue weighted by molar-refractivity contribution is 0.610. The predicted octanol–water partition coefficient (Wildman–Crippen LogP) is 3.19. The van der Waals surface area contributed by atoms with Gasteiger partial charge in [0.25, 0.3) is 9.05 Å². The Bertz CT molecular complexity index is 633. The normalized spacial score (nSPS) is 12.2. The fourth-order valence-corrected chi connectivity index (χ4v) is 3.58. The highest BCUT2D eigenvalue weighted by Crippen LogP contribution is 2.32. The summed E-state index contributed by atoms with van der Waals surface area (Å²) in [7, 11) is 1.49. The van der Waals surface area contributed by atoms with Crippen LogP contribution in [0.5, 0.6) is 0 Å². The van der Waals surface area contributed by atoms with Crippen LogP contribution in [0, 0.1) is 6.92 Å². The first-order valence-corrected chi connectivity index (χ1v) is 7.39. The van der Waals surface area contributed by atoms with Gasteiger partial charge in [0.05, 0.1) is 9.71 Å². The predicted molar refractivity (Wildman–Crippen MR) is 62.4 cm³/mol. The van der Waals surface area contributed by atoms with Gasteiger partial charge in [0.2, 0.25) is 0 Å². The molecule has 1 heterocycles. The van der Waals surface area contributed by atoms with Gasteiger partial charge in [0.1, 0.15) is 10.4 Å². The topological polar surface area (TPSA) is 47.0 Å². The van der Waals surface area contributed by atoms with Gasteiger partial charge in [0, 0.05) is 15.7 Å². The molecule has 0 atom stereocenters. The van der Waals surface area contributed by atoms with Crippen molar-refractivity contribution in [2.45, 2.75) is 11.8 Å². The maximum Gasteiger partial charge on any atom is 0.263 e. The molecule has 7 heteroatoms. The molecule has 0 saturated carbocycles. The lowest BCUT2D eigenvalue weighted by Crippen LogP contribution is -1.92. The van der Waals surface area contributed by atoms with Crippen molar-refractivity contribution in [3.05, 3.63) is 22.2 Å². The van der Waals surface area contributed by atoms with Crippen LogP contribution >= 0.6 is 33.6 Å². The van der Waals surface area contributed by atoms with Crippen LogP contribution < -0.4 is 0 Å². The number of thiazole rings is 1. The average Bonchev–Trinajstić information content (AvgIpc) is 2.41. The van der Waals surface area contributed by atoms with Crippen LogP contribution in [0.15, 0.2) is 17.0 Å². The minimum atomic E-state index is -3.81. The van der Waals surface area contributed by atoms with Crippen molar-refractivity contribution in [1.29, 1.82) is 0 Å². The molecule has 80 valence electrons. The molecule has 0 aliphatic rings. The molecule has 0 fully saturated rings. The Labute approximate surface area is 100 Å². The molecular formula is C8H5Cl2NO2S2. The molecule has 0 amide bonds. The highest BCUT2D eigenvalue weighted by molar-refractivity contribution is 8.14. The van der Waals surface area contributed by atoms with Crippen LogP contribution in [0.2, 0.25) is 5.02 Å². The summed E-state index contributed by atoms with van der Waals surface area (Å²) in [6, 6.07) is 2.98. The van der Waals surface area contributed by atoms with Crippen LogP contribution in [0.1, 0.15) is 5.01 Å². The third-order valence-electron chi connectivity index (χ3n) is 1.79. The Hall–Kier alpha value is -0.360. The number of aryl methyl sites for hydroxylation is 1. The smallest absolute Gasteiger partial charge is 0.240 e. The largest absolute Gasteiger partial charge is 0.263 e. The summed E-state index contributed by atoms with van der Waals surface area (Å²) in [6.07, 6.45) is 0. The van der Waals surface area contributed by atoms with Crippen LogP contribution in [-0.2, 0) is 9.05 Å². The van der Waals surface area contributed by atoms with Crippen LogP contribution in [-0.4, -0.2) is 13.4 Å². The zero-order valence-corrected chi connectivity index (χ0v) is 10.6. The maximum atomic E-state index is 11.3. The zero-order chi connectivity index (χ0) is 11.2. The summed E-state index contributed by atoms with van der Waals surface area (Å²) in [4.78, 5) is 4.09. The minimum absolute atomic E-state index is 0.0315. The molecule has 0 aliphatic heterocycles. The summed E-state index contributed by atoms with van der Waals surface area (Å²) >= 11 is 7.17. The molecule has 0 unspecified atom stereocenters. The highest BCUT2D eigenvalue weighted by atomic mass is 35.7. The van der Waals surface area contributed by atoms with E-state index < -0.39 is 9.05 Å². The molecule has 0 spiro atoms. The van der Waals surface area contributed by atoms with E-state index in [-0.39, 0.29) is 4.90 Å². The van der Waals surface area contributed by atoms with Crippen molar-refractivity contribution in [3.8, 4) is 0 Å². The summed E-state index contributed by atoms with van der Waals surface area (Å²) in [5, 5.41) is 1.11. The number of halogens is 2. The van der Waals surface area contributed by atoms with Gasteiger partial charge in [-0.25, -0.2) is 13.4 Å². The third-order valence-corrected chi connectivity index (χ3v) is 4.27. The monoisotopic (exact) mass is 281 g/mol. The molecule has 2 aromatic rings. The Morgan fingerprint density at radius 2 is 2.07 bits per heavy atom. The van der Waals surface area contributed by atoms with Crippen molar-refractivity contribution in [1.82, 2.24) is 4.98 Å². The highest BCUT2D eigenvalue weighted by Gasteiger charge is 2.18. The van der Waals surface area contributed by atoms with Gasteiger partial charge in [0.15, 0.2) is 0 Å². The molecule has 1 aromatic heterocycles. The van der Waals surface area contributed by atoms with Crippen molar-refractivity contribution >= 4 is 52.9 Å². The first-order chi connectivity index (χ1) is 6.88. The number of aromatic nitrogens is 1. The van der Waals surface area contributed by atoms with Gasteiger partial charge in [-0.05, 0) is 19.1 Å². The van der Waals surface area contributed by atoms with Gasteiger partial charge >= 0.3 is 0 Å². The molecule has 3 nitrogen and oxygen atoms in total. The second-order valence-corrected chi connectivity index (χ2v) is 7.13. The fourth-order valence-electron chi connectivity index (χ4n) is 1.26. The van der Waals surface area contributed by atoms with E-state index in [4.69, 9.17) is 22.3 Å². The Balaban J connectivity index is 2.94.